The fraction of sp³-hybridized carbons (Fsp3) is 0.167. The minimum Gasteiger partial charge on any atom is -0.497 e. The zero-order chi connectivity index (χ0) is 18.5. The van der Waals surface area contributed by atoms with E-state index >= 15 is 0 Å². The molecule has 0 aliphatic heterocycles. The highest BCUT2D eigenvalue weighted by Crippen LogP contribution is 2.23. The van der Waals surface area contributed by atoms with E-state index in [4.69, 9.17) is 13.9 Å². The van der Waals surface area contributed by atoms with Crippen molar-refractivity contribution in [3.8, 4) is 23.0 Å². The van der Waals surface area contributed by atoms with Crippen LogP contribution in [-0.2, 0) is 6.54 Å². The Kier molecular flexibility index (Phi) is 5.12. The first kappa shape index (κ1) is 17.4. The van der Waals surface area contributed by atoms with Gasteiger partial charge in [-0.15, -0.1) is 10.2 Å². The highest BCUT2D eigenvalue weighted by molar-refractivity contribution is 5.95. The molecule has 0 spiro atoms. The van der Waals surface area contributed by atoms with Crippen LogP contribution in [0.4, 0.5) is 4.39 Å². The number of amides is 1. The monoisotopic (exact) mass is 357 g/mol. The van der Waals surface area contributed by atoms with Crippen LogP contribution >= 0.6 is 0 Å². The van der Waals surface area contributed by atoms with Crippen molar-refractivity contribution in [3.05, 3.63) is 59.7 Å². The van der Waals surface area contributed by atoms with Crippen LogP contribution in [0.2, 0.25) is 0 Å². The predicted molar refractivity (Wildman–Crippen MR) is 90.4 cm³/mol. The molecule has 0 radical (unpaired) electrons. The maximum Gasteiger partial charge on any atom is 0.251 e. The van der Waals surface area contributed by atoms with Gasteiger partial charge in [-0.3, -0.25) is 4.79 Å². The Morgan fingerprint density at radius 1 is 1.12 bits per heavy atom. The van der Waals surface area contributed by atoms with E-state index < -0.39 is 5.82 Å². The van der Waals surface area contributed by atoms with Crippen LogP contribution in [0.5, 0.6) is 11.5 Å². The number of carbonyl (C=O) groups is 1. The fourth-order valence-electron chi connectivity index (χ4n) is 2.27. The second kappa shape index (κ2) is 7.64. The molecule has 0 saturated carbocycles. The summed E-state index contributed by atoms with van der Waals surface area (Å²) in [4.78, 5) is 12.3. The predicted octanol–water partition coefficient (Wildman–Crippen LogP) is 2.82. The van der Waals surface area contributed by atoms with E-state index in [1.54, 1.807) is 30.3 Å². The number of benzene rings is 2. The van der Waals surface area contributed by atoms with Gasteiger partial charge in [-0.1, -0.05) is 12.1 Å². The van der Waals surface area contributed by atoms with Crippen LogP contribution in [0.1, 0.15) is 16.2 Å². The molecule has 26 heavy (non-hydrogen) atoms. The average Bonchev–Trinajstić information content (AvgIpc) is 3.14. The number of halogens is 1. The van der Waals surface area contributed by atoms with Crippen LogP contribution < -0.4 is 14.8 Å². The number of aromatic nitrogens is 2. The number of nitrogens with one attached hydrogen (secondary N) is 1. The van der Waals surface area contributed by atoms with Gasteiger partial charge in [0, 0.05) is 11.6 Å². The second-order valence-corrected chi connectivity index (χ2v) is 5.26. The van der Waals surface area contributed by atoms with Gasteiger partial charge in [0.05, 0.1) is 26.3 Å². The number of hydrogen-bond donors (Lipinski definition) is 1. The van der Waals surface area contributed by atoms with Crippen LogP contribution in [0, 0.1) is 5.82 Å². The molecule has 3 aromatic rings. The van der Waals surface area contributed by atoms with Gasteiger partial charge in [0.15, 0.2) is 0 Å². The molecule has 1 heterocycles. The SMILES string of the molecule is COc1cc(OC)cc(C(=O)NCc2nnc(-c3ccccc3F)o2)c1. The van der Waals surface area contributed by atoms with E-state index in [1.807, 2.05) is 0 Å². The molecule has 8 heteroatoms. The second-order valence-electron chi connectivity index (χ2n) is 5.26. The molecule has 0 bridgehead atoms. The number of rotatable bonds is 6. The number of ether oxygens (including phenoxy) is 2. The molecule has 2 aromatic carbocycles. The van der Waals surface area contributed by atoms with Gasteiger partial charge in [-0.05, 0) is 24.3 Å². The van der Waals surface area contributed by atoms with Crippen LogP contribution in [0.25, 0.3) is 11.5 Å². The summed E-state index contributed by atoms with van der Waals surface area (Å²) in [5.74, 6) is 0.369. The van der Waals surface area contributed by atoms with E-state index in [1.165, 1.54) is 26.4 Å². The summed E-state index contributed by atoms with van der Waals surface area (Å²) in [6.45, 7) is -0.000187. The van der Waals surface area contributed by atoms with Gasteiger partial charge in [-0.25, -0.2) is 4.39 Å². The molecular formula is C18H16FN3O4. The highest BCUT2D eigenvalue weighted by atomic mass is 19.1. The van der Waals surface area contributed by atoms with Gasteiger partial charge in [0.1, 0.15) is 17.3 Å². The zero-order valence-corrected chi connectivity index (χ0v) is 14.2. The van der Waals surface area contributed by atoms with Crippen molar-refractivity contribution < 1.29 is 23.1 Å². The number of hydrogen-bond acceptors (Lipinski definition) is 6. The molecule has 1 N–H and O–H groups in total. The molecule has 0 fully saturated rings. The molecule has 0 saturated heterocycles. The fourth-order valence-corrected chi connectivity index (χ4v) is 2.27. The molecule has 3 rings (SSSR count). The maximum absolute atomic E-state index is 13.7. The third kappa shape index (κ3) is 3.80. The summed E-state index contributed by atoms with van der Waals surface area (Å²) >= 11 is 0. The Morgan fingerprint density at radius 2 is 1.81 bits per heavy atom. The topological polar surface area (TPSA) is 86.5 Å². The van der Waals surface area contributed by atoms with Gasteiger partial charge < -0.3 is 19.2 Å². The maximum atomic E-state index is 13.7. The van der Waals surface area contributed by atoms with Crippen LogP contribution in [0.3, 0.4) is 0 Å². The Labute approximate surface area is 148 Å². The summed E-state index contributed by atoms with van der Waals surface area (Å²) in [7, 11) is 3.00. The molecule has 1 amide bonds. The van der Waals surface area contributed by atoms with Crippen LogP contribution in [-0.4, -0.2) is 30.3 Å². The van der Waals surface area contributed by atoms with E-state index in [0.29, 0.717) is 17.1 Å². The number of nitrogens with zero attached hydrogens (tertiary/aromatic N) is 2. The molecule has 0 aliphatic rings. The summed E-state index contributed by atoms with van der Waals surface area (Å²) in [5.41, 5.74) is 0.560. The van der Waals surface area contributed by atoms with Crippen molar-refractivity contribution in [3.63, 3.8) is 0 Å². The number of methoxy groups -OCH3 is 2. The Balaban J connectivity index is 1.70. The Hall–Kier alpha value is -3.42. The normalized spacial score (nSPS) is 10.4. The Morgan fingerprint density at radius 3 is 2.46 bits per heavy atom. The van der Waals surface area contributed by atoms with Gasteiger partial charge >= 0.3 is 0 Å². The lowest BCUT2D eigenvalue weighted by molar-refractivity contribution is 0.0946. The Bertz CT molecular complexity index is 904. The minimum absolute atomic E-state index is 0.000187. The summed E-state index contributed by atoms with van der Waals surface area (Å²) in [6.07, 6.45) is 0. The van der Waals surface area contributed by atoms with E-state index in [-0.39, 0.29) is 29.8 Å². The number of carbonyl (C=O) groups excluding carboxylic acids is 1. The van der Waals surface area contributed by atoms with Crippen molar-refractivity contribution >= 4 is 5.91 Å². The first-order chi connectivity index (χ1) is 12.6. The van der Waals surface area contributed by atoms with Gasteiger partial charge in [0.25, 0.3) is 11.8 Å². The van der Waals surface area contributed by atoms with Crippen molar-refractivity contribution in [1.82, 2.24) is 15.5 Å². The minimum atomic E-state index is -0.463. The lowest BCUT2D eigenvalue weighted by Gasteiger charge is -2.08. The molecule has 134 valence electrons. The van der Waals surface area contributed by atoms with Gasteiger partial charge in [-0.2, -0.15) is 0 Å². The molecule has 1 aromatic heterocycles. The van der Waals surface area contributed by atoms with Crippen molar-refractivity contribution in [1.29, 1.82) is 0 Å². The lowest BCUT2D eigenvalue weighted by Crippen LogP contribution is -2.23. The first-order valence-electron chi connectivity index (χ1n) is 7.69. The molecule has 0 atom stereocenters. The molecule has 0 unspecified atom stereocenters. The van der Waals surface area contributed by atoms with Gasteiger partial charge in [0.2, 0.25) is 5.89 Å². The first-order valence-corrected chi connectivity index (χ1v) is 7.69. The largest absolute Gasteiger partial charge is 0.497 e. The van der Waals surface area contributed by atoms with E-state index in [0.717, 1.165) is 0 Å². The third-order valence-electron chi connectivity index (χ3n) is 3.58. The highest BCUT2D eigenvalue weighted by Gasteiger charge is 2.14. The van der Waals surface area contributed by atoms with Crippen LogP contribution in [0.15, 0.2) is 46.9 Å². The zero-order valence-electron chi connectivity index (χ0n) is 14.2. The molecular weight excluding hydrogens is 341 g/mol. The van der Waals surface area contributed by atoms with Crippen molar-refractivity contribution in [2.45, 2.75) is 6.54 Å². The van der Waals surface area contributed by atoms with E-state index in [9.17, 15) is 9.18 Å². The smallest absolute Gasteiger partial charge is 0.251 e. The van der Waals surface area contributed by atoms with E-state index in [2.05, 4.69) is 15.5 Å². The summed E-state index contributed by atoms with van der Waals surface area (Å²) in [6, 6.07) is 10.9. The lowest BCUT2D eigenvalue weighted by atomic mass is 10.2. The molecule has 7 nitrogen and oxygen atoms in total. The summed E-state index contributed by atoms with van der Waals surface area (Å²) < 4.78 is 29.4. The molecule has 0 aliphatic carbocycles. The quantitative estimate of drug-likeness (QED) is 0.730. The standard InChI is InChI=1S/C18H16FN3O4/c1-24-12-7-11(8-13(9-12)25-2)17(23)20-10-16-21-22-18(26-16)14-5-3-4-6-15(14)19/h3-9H,10H2,1-2H3,(H,20,23). The third-order valence-corrected chi connectivity index (χ3v) is 3.58. The van der Waals surface area contributed by atoms with Crippen molar-refractivity contribution in [2.24, 2.45) is 0 Å². The summed E-state index contributed by atoms with van der Waals surface area (Å²) in [5, 5.41) is 10.3. The van der Waals surface area contributed by atoms with Crippen molar-refractivity contribution in [2.75, 3.05) is 14.2 Å². The average molecular weight is 357 g/mol.